The van der Waals surface area contributed by atoms with Gasteiger partial charge in [-0.1, -0.05) is 58.0 Å². The molecule has 0 unspecified atom stereocenters. The Morgan fingerprint density at radius 3 is 2.15 bits per heavy atom. The van der Waals surface area contributed by atoms with Crippen molar-refractivity contribution in [3.63, 3.8) is 0 Å². The summed E-state index contributed by atoms with van der Waals surface area (Å²) >= 11 is 27.3. The van der Waals surface area contributed by atoms with Crippen molar-refractivity contribution in [2.75, 3.05) is 0 Å². The summed E-state index contributed by atoms with van der Waals surface area (Å²) in [6.07, 6.45) is 1.33. The Hall–Kier alpha value is 0.400. The number of carbonyl (C=O) groups is 1. The van der Waals surface area contributed by atoms with Crippen molar-refractivity contribution in [2.45, 2.75) is 3.79 Å². The van der Waals surface area contributed by atoms with Gasteiger partial charge in [-0.15, -0.1) is 0 Å². The fourth-order valence-corrected chi connectivity index (χ4v) is 1.30. The van der Waals surface area contributed by atoms with Gasteiger partial charge in [-0.2, -0.15) is 0 Å². The zero-order chi connectivity index (χ0) is 10.2. The van der Waals surface area contributed by atoms with E-state index in [1.165, 1.54) is 12.3 Å². The molecule has 13 heavy (non-hydrogen) atoms. The van der Waals surface area contributed by atoms with Crippen LogP contribution in [-0.2, 0) is 0 Å². The van der Waals surface area contributed by atoms with Crippen LogP contribution in [-0.4, -0.2) is 14.3 Å². The normalized spacial score (nSPS) is 11.8. The Labute approximate surface area is 99.3 Å². The van der Waals surface area contributed by atoms with E-state index in [0.29, 0.717) is 0 Å². The van der Waals surface area contributed by atoms with Crippen LogP contribution in [0.3, 0.4) is 0 Å². The van der Waals surface area contributed by atoms with Crippen molar-refractivity contribution in [1.82, 2.24) is 4.57 Å². The monoisotopic (exact) mass is 279 g/mol. The van der Waals surface area contributed by atoms with Crippen LogP contribution < -0.4 is 0 Å². The number of aromatic nitrogens is 1. The molecule has 0 aliphatic heterocycles. The molecule has 0 radical (unpaired) electrons. The third-order valence-corrected chi connectivity index (χ3v) is 2.51. The Morgan fingerprint density at radius 2 is 1.85 bits per heavy atom. The van der Waals surface area contributed by atoms with Gasteiger partial charge in [0.2, 0.25) is 0 Å². The molecular formula is C6H2Cl5NO. The molecule has 0 saturated carbocycles. The molecule has 0 spiro atoms. The first kappa shape index (κ1) is 11.5. The lowest BCUT2D eigenvalue weighted by molar-refractivity contribution is 0.0918. The van der Waals surface area contributed by atoms with Gasteiger partial charge >= 0.3 is 0 Å². The van der Waals surface area contributed by atoms with Crippen LogP contribution in [0, 0.1) is 0 Å². The maximum Gasteiger partial charge on any atom is 0.283 e. The Balaban J connectivity index is 3.10. The number of alkyl halides is 3. The molecule has 1 heterocycles. The van der Waals surface area contributed by atoms with Gasteiger partial charge in [0.15, 0.2) is 0 Å². The predicted octanol–water partition coefficient (Wildman–Crippen LogP) is 3.81. The van der Waals surface area contributed by atoms with Gasteiger partial charge in [0.1, 0.15) is 5.15 Å². The molecule has 0 saturated heterocycles. The molecule has 7 heteroatoms. The summed E-state index contributed by atoms with van der Waals surface area (Å²) in [4.78, 5) is 11.3. The van der Waals surface area contributed by atoms with E-state index in [1.54, 1.807) is 0 Å². The lowest BCUT2D eigenvalue weighted by atomic mass is 10.6. The second kappa shape index (κ2) is 3.87. The molecule has 2 nitrogen and oxygen atoms in total. The van der Waals surface area contributed by atoms with Gasteiger partial charge < -0.3 is 0 Å². The van der Waals surface area contributed by atoms with Gasteiger partial charge in [-0.05, 0) is 6.07 Å². The first-order chi connectivity index (χ1) is 5.84. The van der Waals surface area contributed by atoms with Crippen LogP contribution in [0.2, 0.25) is 10.2 Å². The number of halogens is 5. The standard InChI is InChI=1S/C6H2Cl5NO/c7-3-1-2-12(4(3)8)5(13)6(9,10)11/h1-2H. The topological polar surface area (TPSA) is 22.0 Å². The van der Waals surface area contributed by atoms with Crippen LogP contribution >= 0.6 is 58.0 Å². The van der Waals surface area contributed by atoms with Gasteiger partial charge in [-0.3, -0.25) is 9.36 Å². The maximum absolute atomic E-state index is 11.3. The SMILES string of the molecule is O=C(n1ccc(Cl)c1Cl)C(Cl)(Cl)Cl. The van der Waals surface area contributed by atoms with Crippen LogP contribution in [0.5, 0.6) is 0 Å². The summed E-state index contributed by atoms with van der Waals surface area (Å²) in [5.74, 6) is -0.769. The van der Waals surface area contributed by atoms with Crippen LogP contribution in [0.4, 0.5) is 0 Å². The Bertz CT molecular complexity index is 339. The summed E-state index contributed by atoms with van der Waals surface area (Å²) < 4.78 is -1.07. The number of carbonyl (C=O) groups excluding carboxylic acids is 1. The zero-order valence-electron chi connectivity index (χ0n) is 5.90. The minimum absolute atomic E-state index is 0.0259. The summed E-state index contributed by atoms with van der Waals surface area (Å²) in [6, 6.07) is 1.43. The molecule has 0 aromatic carbocycles. The highest BCUT2D eigenvalue weighted by atomic mass is 35.6. The number of nitrogens with zero attached hydrogens (tertiary/aromatic N) is 1. The van der Waals surface area contributed by atoms with E-state index in [0.717, 1.165) is 4.57 Å². The smallest absolute Gasteiger partial charge is 0.273 e. The second-order valence-corrected chi connectivity index (χ2v) is 5.17. The molecular weight excluding hydrogens is 279 g/mol. The van der Waals surface area contributed by atoms with Crippen LogP contribution in [0.1, 0.15) is 4.79 Å². The molecule has 0 atom stereocenters. The van der Waals surface area contributed by atoms with Gasteiger partial charge in [-0.25, -0.2) is 0 Å². The fourth-order valence-electron chi connectivity index (χ4n) is 0.683. The summed E-state index contributed by atoms with van der Waals surface area (Å²) in [5.41, 5.74) is 0. The van der Waals surface area contributed by atoms with E-state index in [1.807, 2.05) is 0 Å². The third kappa shape index (κ3) is 2.45. The van der Waals surface area contributed by atoms with E-state index < -0.39 is 9.70 Å². The lowest BCUT2D eigenvalue weighted by Gasteiger charge is -2.10. The number of hydrogen-bond acceptors (Lipinski definition) is 1. The van der Waals surface area contributed by atoms with E-state index in [2.05, 4.69) is 0 Å². The highest BCUT2D eigenvalue weighted by molar-refractivity contribution is 6.76. The van der Waals surface area contributed by atoms with E-state index >= 15 is 0 Å². The van der Waals surface area contributed by atoms with Gasteiger partial charge in [0.05, 0.1) is 5.02 Å². The first-order valence-electron chi connectivity index (χ1n) is 2.98. The second-order valence-electron chi connectivity index (χ2n) is 2.13. The Morgan fingerprint density at radius 1 is 1.31 bits per heavy atom. The van der Waals surface area contributed by atoms with Crippen LogP contribution in [0.15, 0.2) is 12.3 Å². The quantitative estimate of drug-likeness (QED) is 0.663. The number of rotatable bonds is 0. The van der Waals surface area contributed by atoms with Crippen LogP contribution in [0.25, 0.3) is 0 Å². The summed E-state index contributed by atoms with van der Waals surface area (Å²) in [5, 5.41) is 0.252. The average Bonchev–Trinajstić information content (AvgIpc) is 2.30. The Kier molecular flexibility index (Phi) is 3.42. The molecule has 72 valence electrons. The van der Waals surface area contributed by atoms with Crippen molar-refractivity contribution in [3.8, 4) is 0 Å². The van der Waals surface area contributed by atoms with E-state index in [9.17, 15) is 4.79 Å². The summed E-state index contributed by atoms with van der Waals surface area (Å²) in [7, 11) is 0. The molecule has 0 aliphatic rings. The molecule has 0 fully saturated rings. The average molecular weight is 281 g/mol. The van der Waals surface area contributed by atoms with Gasteiger partial charge in [0.25, 0.3) is 9.70 Å². The molecule has 1 aromatic rings. The van der Waals surface area contributed by atoms with Gasteiger partial charge in [0, 0.05) is 6.20 Å². The molecule has 0 N–H and O–H groups in total. The maximum atomic E-state index is 11.3. The third-order valence-electron chi connectivity index (χ3n) is 1.24. The predicted molar refractivity (Wildman–Crippen MR) is 55.4 cm³/mol. The zero-order valence-corrected chi connectivity index (χ0v) is 9.68. The lowest BCUT2D eigenvalue weighted by Crippen LogP contribution is -2.25. The minimum atomic E-state index is -2.04. The van der Waals surface area contributed by atoms with E-state index in [-0.39, 0.29) is 10.2 Å². The summed E-state index contributed by atoms with van der Waals surface area (Å²) in [6.45, 7) is 0. The number of hydrogen-bond donors (Lipinski definition) is 0. The molecule has 0 amide bonds. The van der Waals surface area contributed by atoms with Crippen molar-refractivity contribution in [3.05, 3.63) is 22.4 Å². The highest BCUT2D eigenvalue weighted by Gasteiger charge is 2.33. The van der Waals surface area contributed by atoms with Crippen molar-refractivity contribution >= 4 is 63.9 Å². The molecule has 0 bridgehead atoms. The first-order valence-corrected chi connectivity index (χ1v) is 4.87. The molecule has 1 aromatic heterocycles. The van der Waals surface area contributed by atoms with Crippen molar-refractivity contribution in [2.24, 2.45) is 0 Å². The highest BCUT2D eigenvalue weighted by Crippen LogP contribution is 2.31. The van der Waals surface area contributed by atoms with Crippen molar-refractivity contribution in [1.29, 1.82) is 0 Å². The van der Waals surface area contributed by atoms with E-state index in [4.69, 9.17) is 58.0 Å². The molecule has 0 aliphatic carbocycles. The van der Waals surface area contributed by atoms with Crippen molar-refractivity contribution < 1.29 is 4.79 Å². The largest absolute Gasteiger partial charge is 0.283 e. The molecule has 1 rings (SSSR count). The minimum Gasteiger partial charge on any atom is -0.273 e. The fraction of sp³-hybridized carbons (Fsp3) is 0.167.